The van der Waals surface area contributed by atoms with Gasteiger partial charge in [0.2, 0.25) is 0 Å². The van der Waals surface area contributed by atoms with Crippen molar-refractivity contribution in [2.45, 2.75) is 32.6 Å². The van der Waals surface area contributed by atoms with Crippen LogP contribution in [0.4, 0.5) is 4.39 Å². The van der Waals surface area contributed by atoms with Crippen LogP contribution in [0.25, 0.3) is 0 Å². The fourth-order valence-electron chi connectivity index (χ4n) is 3.12. The Hall–Kier alpha value is -2.58. The molecule has 7 nitrogen and oxygen atoms in total. The number of nitrogens with zero attached hydrogens (tertiary/aromatic N) is 5. The van der Waals surface area contributed by atoms with E-state index in [0.717, 1.165) is 36.0 Å². The van der Waals surface area contributed by atoms with Crippen molar-refractivity contribution < 1.29 is 8.91 Å². The fourth-order valence-corrected chi connectivity index (χ4v) is 3.12. The maximum atomic E-state index is 13.3. The lowest BCUT2D eigenvalue weighted by Gasteiger charge is -2.26. The topological polar surface area (TPSA) is 86.0 Å². The molecule has 0 aliphatic carbocycles. The molecule has 1 aliphatic heterocycles. The van der Waals surface area contributed by atoms with E-state index >= 15 is 0 Å². The van der Waals surface area contributed by atoms with Crippen molar-refractivity contribution in [1.82, 2.24) is 24.8 Å². The third-order valence-electron chi connectivity index (χ3n) is 4.35. The average Bonchev–Trinajstić information content (AvgIpc) is 3.22. The zero-order valence-electron chi connectivity index (χ0n) is 13.7. The lowest BCUT2D eigenvalue weighted by molar-refractivity contribution is 0.201. The van der Waals surface area contributed by atoms with Crippen LogP contribution in [0.3, 0.4) is 0 Å². The highest BCUT2D eigenvalue weighted by atomic mass is 19.1. The van der Waals surface area contributed by atoms with E-state index in [2.05, 4.69) is 24.8 Å². The van der Waals surface area contributed by atoms with Gasteiger partial charge in [-0.1, -0.05) is 17.3 Å². The molecule has 3 aromatic rings. The summed E-state index contributed by atoms with van der Waals surface area (Å²) in [5, 5.41) is 12.6. The first-order valence-electron chi connectivity index (χ1n) is 8.23. The number of aromatic nitrogens is 4. The van der Waals surface area contributed by atoms with E-state index in [9.17, 15) is 4.39 Å². The van der Waals surface area contributed by atoms with Gasteiger partial charge >= 0.3 is 0 Å². The predicted molar refractivity (Wildman–Crippen MR) is 87.7 cm³/mol. The SMILES string of the molecule is NCc1cc(CN2CCn3c(Cc4cccc(F)c4)nnc3C2)no1. The van der Waals surface area contributed by atoms with Gasteiger partial charge in [-0.25, -0.2) is 4.39 Å². The molecule has 0 saturated heterocycles. The van der Waals surface area contributed by atoms with E-state index in [1.807, 2.05) is 12.1 Å². The second-order valence-corrected chi connectivity index (χ2v) is 6.19. The first-order chi connectivity index (χ1) is 12.2. The van der Waals surface area contributed by atoms with E-state index in [1.165, 1.54) is 12.1 Å². The third-order valence-corrected chi connectivity index (χ3v) is 4.35. The molecule has 2 N–H and O–H groups in total. The monoisotopic (exact) mass is 342 g/mol. The molecule has 0 bridgehead atoms. The summed E-state index contributed by atoms with van der Waals surface area (Å²) in [6.07, 6.45) is 0.577. The zero-order valence-corrected chi connectivity index (χ0v) is 13.7. The van der Waals surface area contributed by atoms with Crippen molar-refractivity contribution in [3.05, 3.63) is 64.8 Å². The van der Waals surface area contributed by atoms with Crippen LogP contribution in [-0.4, -0.2) is 31.4 Å². The average molecular weight is 342 g/mol. The molecule has 1 aromatic carbocycles. The summed E-state index contributed by atoms with van der Waals surface area (Å²) in [5.41, 5.74) is 7.31. The lowest BCUT2D eigenvalue weighted by Crippen LogP contribution is -2.34. The third kappa shape index (κ3) is 3.45. The summed E-state index contributed by atoms with van der Waals surface area (Å²) in [4.78, 5) is 2.24. The van der Waals surface area contributed by atoms with Crippen molar-refractivity contribution in [2.24, 2.45) is 5.73 Å². The fraction of sp³-hybridized carbons (Fsp3) is 0.353. The Morgan fingerprint density at radius 3 is 2.92 bits per heavy atom. The van der Waals surface area contributed by atoms with Crippen LogP contribution in [-0.2, 0) is 32.6 Å². The lowest BCUT2D eigenvalue weighted by atomic mass is 10.1. The largest absolute Gasteiger partial charge is 0.360 e. The molecular formula is C17H19FN6O. The molecule has 2 aromatic heterocycles. The van der Waals surface area contributed by atoms with Crippen molar-refractivity contribution >= 4 is 0 Å². The number of hydrogen-bond donors (Lipinski definition) is 1. The summed E-state index contributed by atoms with van der Waals surface area (Å²) in [6, 6.07) is 8.48. The normalized spacial score (nSPS) is 14.6. The molecule has 0 saturated carbocycles. The Kier molecular flexibility index (Phi) is 4.29. The van der Waals surface area contributed by atoms with Crippen LogP contribution in [0, 0.1) is 5.82 Å². The first-order valence-corrected chi connectivity index (χ1v) is 8.23. The van der Waals surface area contributed by atoms with Gasteiger partial charge in [-0.15, -0.1) is 10.2 Å². The van der Waals surface area contributed by atoms with Gasteiger partial charge in [-0.05, 0) is 17.7 Å². The molecule has 0 spiro atoms. The minimum absolute atomic E-state index is 0.230. The summed E-state index contributed by atoms with van der Waals surface area (Å²) in [6.45, 7) is 3.40. The Labute approximate surface area is 144 Å². The molecule has 4 rings (SSSR count). The molecule has 1 aliphatic rings. The Balaban J connectivity index is 1.45. The molecule has 0 amide bonds. The van der Waals surface area contributed by atoms with Crippen molar-refractivity contribution in [1.29, 1.82) is 0 Å². The number of hydrogen-bond acceptors (Lipinski definition) is 6. The maximum Gasteiger partial charge on any atom is 0.150 e. The van der Waals surface area contributed by atoms with Crippen LogP contribution >= 0.6 is 0 Å². The molecule has 0 radical (unpaired) electrons. The Morgan fingerprint density at radius 2 is 2.12 bits per heavy atom. The number of rotatable bonds is 5. The van der Waals surface area contributed by atoms with Gasteiger partial charge in [0, 0.05) is 32.1 Å². The molecule has 3 heterocycles. The van der Waals surface area contributed by atoms with Gasteiger partial charge < -0.3 is 14.8 Å². The molecule has 0 atom stereocenters. The van der Waals surface area contributed by atoms with Crippen LogP contribution in [0.15, 0.2) is 34.9 Å². The van der Waals surface area contributed by atoms with Gasteiger partial charge in [-0.3, -0.25) is 4.90 Å². The minimum atomic E-state index is -0.230. The van der Waals surface area contributed by atoms with Crippen LogP contribution in [0.1, 0.15) is 28.7 Å². The van der Waals surface area contributed by atoms with Crippen molar-refractivity contribution in [2.75, 3.05) is 6.54 Å². The van der Waals surface area contributed by atoms with Gasteiger partial charge in [0.25, 0.3) is 0 Å². The van der Waals surface area contributed by atoms with E-state index in [4.69, 9.17) is 10.3 Å². The standard InChI is InChI=1S/C17H19FN6O/c18-13-3-1-2-12(6-13)7-16-20-21-17-11-23(4-5-24(16)17)10-14-8-15(9-19)25-22-14/h1-3,6,8H,4-5,7,9-11,19H2. The highest BCUT2D eigenvalue weighted by Gasteiger charge is 2.22. The van der Waals surface area contributed by atoms with Crippen molar-refractivity contribution in [3.8, 4) is 0 Å². The van der Waals surface area contributed by atoms with Gasteiger partial charge in [-0.2, -0.15) is 0 Å². The summed E-state index contributed by atoms with van der Waals surface area (Å²) >= 11 is 0. The minimum Gasteiger partial charge on any atom is -0.360 e. The number of halogens is 1. The second kappa shape index (κ2) is 6.73. The zero-order chi connectivity index (χ0) is 17.2. The Morgan fingerprint density at radius 1 is 1.20 bits per heavy atom. The smallest absolute Gasteiger partial charge is 0.150 e. The van der Waals surface area contributed by atoms with Crippen LogP contribution in [0.5, 0.6) is 0 Å². The molecule has 25 heavy (non-hydrogen) atoms. The molecule has 130 valence electrons. The number of benzene rings is 1. The maximum absolute atomic E-state index is 13.3. The molecule has 8 heteroatoms. The van der Waals surface area contributed by atoms with E-state index in [0.29, 0.717) is 31.8 Å². The molecule has 0 unspecified atom stereocenters. The quantitative estimate of drug-likeness (QED) is 0.756. The van der Waals surface area contributed by atoms with E-state index < -0.39 is 0 Å². The van der Waals surface area contributed by atoms with Crippen LogP contribution < -0.4 is 5.73 Å². The first kappa shape index (κ1) is 15.9. The van der Waals surface area contributed by atoms with Gasteiger partial charge in [0.15, 0.2) is 5.76 Å². The highest BCUT2D eigenvalue weighted by Crippen LogP contribution is 2.17. The summed E-state index contributed by atoms with van der Waals surface area (Å²) in [5.74, 6) is 2.24. The van der Waals surface area contributed by atoms with E-state index in [1.54, 1.807) is 6.07 Å². The number of nitrogens with two attached hydrogens (primary N) is 1. The second-order valence-electron chi connectivity index (χ2n) is 6.19. The summed E-state index contributed by atoms with van der Waals surface area (Å²) in [7, 11) is 0. The molecule has 0 fully saturated rings. The van der Waals surface area contributed by atoms with Gasteiger partial charge in [0.05, 0.1) is 18.8 Å². The number of fused-ring (bicyclic) bond motifs is 1. The highest BCUT2D eigenvalue weighted by molar-refractivity contribution is 5.20. The van der Waals surface area contributed by atoms with Gasteiger partial charge in [0.1, 0.15) is 17.5 Å². The van der Waals surface area contributed by atoms with Crippen molar-refractivity contribution in [3.63, 3.8) is 0 Å². The van der Waals surface area contributed by atoms with Crippen LogP contribution in [0.2, 0.25) is 0 Å². The Bertz CT molecular complexity index is 874. The van der Waals surface area contributed by atoms with E-state index in [-0.39, 0.29) is 5.82 Å². The summed E-state index contributed by atoms with van der Waals surface area (Å²) < 4.78 is 20.6. The predicted octanol–water partition coefficient (Wildman–Crippen LogP) is 1.47. The molecular weight excluding hydrogens is 323 g/mol.